The molecule has 3 rings (SSSR count). The largest absolute Gasteiger partial charge is 0.256 e. The Balaban J connectivity index is 2.08. The molecule has 0 saturated carbocycles. The summed E-state index contributed by atoms with van der Waals surface area (Å²) in [6.45, 7) is 2.13. The van der Waals surface area contributed by atoms with Gasteiger partial charge in [0.1, 0.15) is 0 Å². The van der Waals surface area contributed by atoms with Crippen LogP contribution in [-0.2, 0) is 0 Å². The molecule has 0 unspecified atom stereocenters. The molecule has 3 aromatic rings. The van der Waals surface area contributed by atoms with Gasteiger partial charge >= 0.3 is 0 Å². The zero-order chi connectivity index (χ0) is 13.9. The fraction of sp³-hybridized carbons (Fsp3) is 0.0556. The van der Waals surface area contributed by atoms with Crippen molar-refractivity contribution >= 4 is 15.9 Å². The molecule has 0 radical (unpaired) electrons. The summed E-state index contributed by atoms with van der Waals surface area (Å²) in [7, 11) is 0. The second-order valence-corrected chi connectivity index (χ2v) is 5.67. The molecule has 0 bridgehead atoms. The van der Waals surface area contributed by atoms with Crippen molar-refractivity contribution in [3.63, 3.8) is 0 Å². The van der Waals surface area contributed by atoms with Crippen LogP contribution in [-0.4, -0.2) is 4.98 Å². The number of hydrogen-bond acceptors (Lipinski definition) is 1. The van der Waals surface area contributed by atoms with Crippen molar-refractivity contribution in [1.29, 1.82) is 0 Å². The van der Waals surface area contributed by atoms with Gasteiger partial charge in [-0.15, -0.1) is 0 Å². The van der Waals surface area contributed by atoms with Crippen LogP contribution >= 0.6 is 15.9 Å². The zero-order valence-electron chi connectivity index (χ0n) is 11.2. The van der Waals surface area contributed by atoms with Crippen LogP contribution in [0.3, 0.4) is 0 Å². The summed E-state index contributed by atoms with van der Waals surface area (Å²) in [5.41, 5.74) is 5.84. The minimum absolute atomic E-state index is 1.01. The van der Waals surface area contributed by atoms with Gasteiger partial charge in [0.05, 0.1) is 5.69 Å². The van der Waals surface area contributed by atoms with E-state index in [1.54, 1.807) is 0 Å². The highest BCUT2D eigenvalue weighted by molar-refractivity contribution is 9.10. The molecule has 0 saturated heterocycles. The van der Waals surface area contributed by atoms with Crippen molar-refractivity contribution in [1.82, 2.24) is 4.98 Å². The molecule has 0 aliphatic heterocycles. The first-order valence-electron chi connectivity index (χ1n) is 6.52. The van der Waals surface area contributed by atoms with Gasteiger partial charge in [-0.2, -0.15) is 0 Å². The number of nitrogens with zero attached hydrogens (tertiary/aromatic N) is 1. The number of halogens is 1. The highest BCUT2D eigenvalue weighted by atomic mass is 79.9. The number of benzene rings is 2. The van der Waals surface area contributed by atoms with E-state index >= 15 is 0 Å². The Kier molecular flexibility index (Phi) is 3.66. The molecule has 1 heterocycles. The first kappa shape index (κ1) is 13.1. The number of hydrogen-bond donors (Lipinski definition) is 0. The maximum Gasteiger partial charge on any atom is 0.0708 e. The van der Waals surface area contributed by atoms with Gasteiger partial charge in [-0.3, -0.25) is 4.98 Å². The summed E-state index contributed by atoms with van der Waals surface area (Å²) >= 11 is 3.51. The maximum absolute atomic E-state index is 4.47. The third kappa shape index (κ3) is 2.66. The molecular weight excluding hydrogens is 310 g/mol. The van der Waals surface area contributed by atoms with Crippen molar-refractivity contribution in [2.24, 2.45) is 0 Å². The van der Waals surface area contributed by atoms with E-state index in [-0.39, 0.29) is 0 Å². The lowest BCUT2D eigenvalue weighted by Crippen LogP contribution is -1.87. The Bertz CT molecular complexity index is 735. The van der Waals surface area contributed by atoms with Crippen LogP contribution in [0.4, 0.5) is 0 Å². The normalized spacial score (nSPS) is 10.5. The number of pyridine rings is 1. The minimum atomic E-state index is 1.01. The molecular formula is C18H14BrN. The second-order valence-electron chi connectivity index (χ2n) is 4.76. The molecule has 20 heavy (non-hydrogen) atoms. The second kappa shape index (κ2) is 5.59. The molecule has 0 aliphatic carbocycles. The maximum atomic E-state index is 4.47. The van der Waals surface area contributed by atoms with Gasteiger partial charge in [0.15, 0.2) is 0 Å². The smallest absolute Gasteiger partial charge is 0.0708 e. The fourth-order valence-corrected chi connectivity index (χ4v) is 2.79. The molecule has 0 aliphatic rings. The van der Waals surface area contributed by atoms with E-state index in [2.05, 4.69) is 70.3 Å². The number of aryl methyl sites for hydroxylation is 1. The van der Waals surface area contributed by atoms with Crippen LogP contribution in [0, 0.1) is 6.92 Å². The lowest BCUT2D eigenvalue weighted by molar-refractivity contribution is 1.32. The van der Waals surface area contributed by atoms with Crippen LogP contribution in [0.2, 0.25) is 0 Å². The summed E-state index contributed by atoms with van der Waals surface area (Å²) in [6.07, 6.45) is 1.87. The highest BCUT2D eigenvalue weighted by Gasteiger charge is 2.05. The van der Waals surface area contributed by atoms with Crippen molar-refractivity contribution in [2.75, 3.05) is 0 Å². The van der Waals surface area contributed by atoms with E-state index in [4.69, 9.17) is 0 Å². The van der Waals surface area contributed by atoms with E-state index in [1.807, 2.05) is 24.4 Å². The van der Waals surface area contributed by atoms with Gasteiger partial charge in [-0.1, -0.05) is 52.3 Å². The minimum Gasteiger partial charge on any atom is -0.256 e. The van der Waals surface area contributed by atoms with Gasteiger partial charge in [-0.25, -0.2) is 0 Å². The van der Waals surface area contributed by atoms with Crippen LogP contribution < -0.4 is 0 Å². The topological polar surface area (TPSA) is 12.9 Å². The molecule has 2 heteroatoms. The van der Waals surface area contributed by atoms with E-state index in [0.29, 0.717) is 0 Å². The summed E-state index contributed by atoms with van der Waals surface area (Å²) in [5, 5.41) is 0. The predicted molar refractivity (Wildman–Crippen MR) is 87.5 cm³/mol. The lowest BCUT2D eigenvalue weighted by atomic mass is 10.00. The average Bonchev–Trinajstić information content (AvgIpc) is 2.48. The molecule has 0 amide bonds. The van der Waals surface area contributed by atoms with Crippen molar-refractivity contribution in [3.8, 4) is 22.4 Å². The summed E-state index contributed by atoms with van der Waals surface area (Å²) in [6, 6.07) is 20.8. The quantitative estimate of drug-likeness (QED) is 0.608. The Morgan fingerprint density at radius 2 is 1.65 bits per heavy atom. The van der Waals surface area contributed by atoms with Crippen molar-refractivity contribution in [2.45, 2.75) is 6.92 Å². The first-order chi connectivity index (χ1) is 9.74. The Morgan fingerprint density at radius 3 is 2.40 bits per heavy atom. The average molecular weight is 324 g/mol. The first-order valence-corrected chi connectivity index (χ1v) is 7.31. The molecule has 0 atom stereocenters. The summed E-state index contributed by atoms with van der Waals surface area (Å²) < 4.78 is 1.11. The standard InChI is InChI=1S/C18H14BrN/c1-13-11-16(19)7-8-17(13)15-9-10-20-18(12-15)14-5-3-2-4-6-14/h2-12H,1H3. The van der Waals surface area contributed by atoms with Gasteiger partial charge in [0.2, 0.25) is 0 Å². The van der Waals surface area contributed by atoms with Crippen molar-refractivity contribution < 1.29 is 0 Å². The van der Waals surface area contributed by atoms with E-state index < -0.39 is 0 Å². The van der Waals surface area contributed by atoms with Gasteiger partial charge < -0.3 is 0 Å². The lowest BCUT2D eigenvalue weighted by Gasteiger charge is -2.08. The monoisotopic (exact) mass is 323 g/mol. The summed E-state index contributed by atoms with van der Waals surface area (Å²) in [4.78, 5) is 4.47. The Hall–Kier alpha value is -1.93. The zero-order valence-corrected chi connectivity index (χ0v) is 12.8. The third-order valence-electron chi connectivity index (χ3n) is 3.33. The molecule has 1 nitrogen and oxygen atoms in total. The fourth-order valence-electron chi connectivity index (χ4n) is 2.32. The van der Waals surface area contributed by atoms with Crippen LogP contribution in [0.25, 0.3) is 22.4 Å². The number of aromatic nitrogens is 1. The van der Waals surface area contributed by atoms with Gasteiger partial charge in [0.25, 0.3) is 0 Å². The molecule has 0 fully saturated rings. The predicted octanol–water partition coefficient (Wildman–Crippen LogP) is 5.49. The van der Waals surface area contributed by atoms with Gasteiger partial charge in [-0.05, 0) is 47.9 Å². The Labute approximate surface area is 127 Å². The van der Waals surface area contributed by atoms with Crippen LogP contribution in [0.1, 0.15) is 5.56 Å². The van der Waals surface area contributed by atoms with Gasteiger partial charge in [0, 0.05) is 16.2 Å². The highest BCUT2D eigenvalue weighted by Crippen LogP contribution is 2.28. The molecule has 0 spiro atoms. The van der Waals surface area contributed by atoms with Crippen molar-refractivity contribution in [3.05, 3.63) is 76.9 Å². The Morgan fingerprint density at radius 1 is 0.850 bits per heavy atom. The molecule has 0 N–H and O–H groups in total. The van der Waals surface area contributed by atoms with Crippen LogP contribution in [0.5, 0.6) is 0 Å². The SMILES string of the molecule is Cc1cc(Br)ccc1-c1ccnc(-c2ccccc2)c1. The van der Waals surface area contributed by atoms with E-state index in [9.17, 15) is 0 Å². The molecule has 1 aromatic heterocycles. The van der Waals surface area contributed by atoms with E-state index in [1.165, 1.54) is 16.7 Å². The van der Waals surface area contributed by atoms with E-state index in [0.717, 1.165) is 15.7 Å². The summed E-state index contributed by atoms with van der Waals surface area (Å²) in [5.74, 6) is 0. The molecule has 2 aromatic carbocycles. The number of rotatable bonds is 2. The van der Waals surface area contributed by atoms with Crippen LogP contribution in [0.15, 0.2) is 71.3 Å². The molecule has 98 valence electrons. The third-order valence-corrected chi connectivity index (χ3v) is 3.82.